The largest absolute Gasteiger partial charge is 0.396 e. The molecule has 0 radical (unpaired) electrons. The maximum Gasteiger partial charge on any atom is 0.161 e. The van der Waals surface area contributed by atoms with E-state index >= 15 is 0 Å². The summed E-state index contributed by atoms with van der Waals surface area (Å²) in [6, 6.07) is 1.57. The van der Waals surface area contributed by atoms with Crippen LogP contribution in [0.25, 0.3) is 0 Å². The van der Waals surface area contributed by atoms with Gasteiger partial charge in [0.05, 0.1) is 10.0 Å². The topological polar surface area (TPSA) is 83.2 Å². The van der Waals surface area contributed by atoms with Crippen molar-refractivity contribution < 1.29 is 5.11 Å². The van der Waals surface area contributed by atoms with Crippen LogP contribution >= 0.6 is 23.2 Å². The van der Waals surface area contributed by atoms with E-state index in [0.717, 1.165) is 6.42 Å². The van der Waals surface area contributed by atoms with Crippen LogP contribution in [0.3, 0.4) is 0 Å². The Morgan fingerprint density at radius 3 is 2.65 bits per heavy atom. The fourth-order valence-electron chi connectivity index (χ4n) is 1.29. The van der Waals surface area contributed by atoms with Crippen LogP contribution in [0.5, 0.6) is 0 Å². The first-order chi connectivity index (χ1) is 8.08. The average molecular weight is 279 g/mol. The van der Waals surface area contributed by atoms with E-state index < -0.39 is 0 Å². The lowest BCUT2D eigenvalue weighted by Gasteiger charge is -2.14. The highest BCUT2D eigenvalue weighted by Gasteiger charge is 2.09. The molecule has 0 saturated carbocycles. The van der Waals surface area contributed by atoms with Crippen LogP contribution in [0.15, 0.2) is 6.07 Å². The number of hydrogen-bond donors (Lipinski definition) is 4. The summed E-state index contributed by atoms with van der Waals surface area (Å²) in [5.74, 6) is 6.49. The highest BCUT2D eigenvalue weighted by Crippen LogP contribution is 2.28. The number of nitrogens with one attached hydrogen (secondary N) is 2. The molecule has 0 aliphatic heterocycles. The van der Waals surface area contributed by atoms with Crippen LogP contribution in [-0.4, -0.2) is 23.2 Å². The minimum absolute atomic E-state index is 0.167. The first kappa shape index (κ1) is 14.3. The van der Waals surface area contributed by atoms with E-state index in [1.165, 1.54) is 0 Å². The molecule has 0 bridgehead atoms. The first-order valence-electron chi connectivity index (χ1n) is 5.25. The number of nitrogen functional groups attached to an aromatic ring is 1. The van der Waals surface area contributed by atoms with Gasteiger partial charge in [0.15, 0.2) is 5.82 Å². The van der Waals surface area contributed by atoms with Crippen molar-refractivity contribution in [2.24, 2.45) is 11.8 Å². The second-order valence-electron chi connectivity index (χ2n) is 3.79. The van der Waals surface area contributed by atoms with Gasteiger partial charge in [0.2, 0.25) is 0 Å². The minimum Gasteiger partial charge on any atom is -0.396 e. The predicted molar refractivity (Wildman–Crippen MR) is 71.4 cm³/mol. The molecule has 0 aliphatic rings. The van der Waals surface area contributed by atoms with Crippen LogP contribution in [0, 0.1) is 5.92 Å². The molecule has 0 saturated heterocycles. The van der Waals surface area contributed by atoms with E-state index in [1.54, 1.807) is 6.07 Å². The van der Waals surface area contributed by atoms with Crippen LogP contribution < -0.4 is 16.6 Å². The van der Waals surface area contributed by atoms with Gasteiger partial charge in [-0.25, -0.2) is 10.8 Å². The highest BCUT2D eigenvalue weighted by molar-refractivity contribution is 6.37. The molecular formula is C10H16Cl2N4O. The van der Waals surface area contributed by atoms with E-state index in [4.69, 9.17) is 34.2 Å². The van der Waals surface area contributed by atoms with Gasteiger partial charge in [0, 0.05) is 13.2 Å². The Hall–Kier alpha value is -0.750. The van der Waals surface area contributed by atoms with E-state index in [1.807, 2.05) is 6.92 Å². The van der Waals surface area contributed by atoms with Crippen molar-refractivity contribution in [3.63, 3.8) is 0 Å². The molecule has 5 N–H and O–H groups in total. The summed E-state index contributed by atoms with van der Waals surface area (Å²) in [4.78, 5) is 4.15. The van der Waals surface area contributed by atoms with Crippen molar-refractivity contribution in [3.05, 3.63) is 16.1 Å². The van der Waals surface area contributed by atoms with Gasteiger partial charge in [0.1, 0.15) is 5.82 Å². The van der Waals surface area contributed by atoms with E-state index in [0.29, 0.717) is 34.1 Å². The number of aromatic nitrogens is 1. The fourth-order valence-corrected chi connectivity index (χ4v) is 1.77. The summed E-state index contributed by atoms with van der Waals surface area (Å²) in [7, 11) is 0. The Labute approximate surface area is 110 Å². The lowest BCUT2D eigenvalue weighted by Crippen LogP contribution is -2.15. The molecule has 0 aliphatic carbocycles. The maximum atomic E-state index is 8.79. The second-order valence-corrected chi connectivity index (χ2v) is 4.61. The molecule has 1 rings (SSSR count). The summed E-state index contributed by atoms with van der Waals surface area (Å²) in [5, 5.41) is 12.7. The number of anilines is 2. The summed E-state index contributed by atoms with van der Waals surface area (Å²) in [5.41, 5.74) is 2.39. The average Bonchev–Trinajstić information content (AvgIpc) is 2.28. The fraction of sp³-hybridized carbons (Fsp3) is 0.500. The molecule has 1 atom stereocenters. The van der Waals surface area contributed by atoms with E-state index in [9.17, 15) is 0 Å². The summed E-state index contributed by atoms with van der Waals surface area (Å²) >= 11 is 11.9. The van der Waals surface area contributed by atoms with Crippen molar-refractivity contribution in [1.29, 1.82) is 0 Å². The summed E-state index contributed by atoms with van der Waals surface area (Å²) in [6.07, 6.45) is 0.722. The van der Waals surface area contributed by atoms with Crippen LogP contribution in [0.4, 0.5) is 11.6 Å². The SMILES string of the molecule is CC(CCO)CNc1nc(NN)c(Cl)cc1Cl. The monoisotopic (exact) mass is 278 g/mol. The van der Waals surface area contributed by atoms with Crippen molar-refractivity contribution in [2.45, 2.75) is 13.3 Å². The van der Waals surface area contributed by atoms with Crippen LogP contribution in [-0.2, 0) is 0 Å². The molecule has 1 unspecified atom stereocenters. The Morgan fingerprint density at radius 2 is 2.06 bits per heavy atom. The molecule has 5 nitrogen and oxygen atoms in total. The zero-order valence-electron chi connectivity index (χ0n) is 9.50. The normalized spacial score (nSPS) is 12.3. The third-order valence-electron chi connectivity index (χ3n) is 2.31. The van der Waals surface area contributed by atoms with Gasteiger partial charge in [0.25, 0.3) is 0 Å². The van der Waals surface area contributed by atoms with Gasteiger partial charge < -0.3 is 15.8 Å². The maximum absolute atomic E-state index is 8.79. The third-order valence-corrected chi connectivity index (χ3v) is 2.88. The summed E-state index contributed by atoms with van der Waals surface area (Å²) in [6.45, 7) is 2.86. The number of aliphatic hydroxyl groups excluding tert-OH is 1. The molecule has 0 fully saturated rings. The number of halogens is 2. The minimum atomic E-state index is 0.167. The number of nitrogens with zero attached hydrogens (tertiary/aromatic N) is 1. The van der Waals surface area contributed by atoms with Crippen LogP contribution in [0.1, 0.15) is 13.3 Å². The number of hydrazine groups is 1. The van der Waals surface area contributed by atoms with Gasteiger partial charge in [-0.3, -0.25) is 0 Å². The quantitative estimate of drug-likeness (QED) is 0.473. The molecule has 1 aromatic heterocycles. The van der Waals surface area contributed by atoms with E-state index in [-0.39, 0.29) is 6.61 Å². The summed E-state index contributed by atoms with van der Waals surface area (Å²) < 4.78 is 0. The smallest absolute Gasteiger partial charge is 0.161 e. The van der Waals surface area contributed by atoms with Crippen molar-refractivity contribution >= 4 is 34.8 Å². The number of pyridine rings is 1. The van der Waals surface area contributed by atoms with E-state index in [2.05, 4.69) is 15.7 Å². The van der Waals surface area contributed by atoms with Gasteiger partial charge >= 0.3 is 0 Å². The zero-order chi connectivity index (χ0) is 12.8. The van der Waals surface area contributed by atoms with Gasteiger partial charge in [-0.2, -0.15) is 0 Å². The molecule has 0 amide bonds. The van der Waals surface area contributed by atoms with Crippen molar-refractivity contribution in [1.82, 2.24) is 4.98 Å². The lowest BCUT2D eigenvalue weighted by atomic mass is 10.1. The highest BCUT2D eigenvalue weighted by atomic mass is 35.5. The van der Waals surface area contributed by atoms with Crippen molar-refractivity contribution in [2.75, 3.05) is 23.9 Å². The Bertz CT molecular complexity index is 376. The molecule has 1 aromatic rings. The molecule has 0 spiro atoms. The number of rotatable bonds is 6. The molecule has 96 valence electrons. The van der Waals surface area contributed by atoms with Crippen LogP contribution in [0.2, 0.25) is 10.0 Å². The number of aliphatic hydroxyl groups is 1. The molecular weight excluding hydrogens is 263 g/mol. The molecule has 1 heterocycles. The van der Waals surface area contributed by atoms with Crippen molar-refractivity contribution in [3.8, 4) is 0 Å². The molecule has 7 heteroatoms. The van der Waals surface area contributed by atoms with Gasteiger partial charge in [-0.1, -0.05) is 30.1 Å². The second kappa shape index (κ2) is 6.86. The van der Waals surface area contributed by atoms with Gasteiger partial charge in [-0.15, -0.1) is 0 Å². The molecule has 0 aromatic carbocycles. The first-order valence-corrected chi connectivity index (χ1v) is 6.01. The predicted octanol–water partition coefficient (Wildman–Crippen LogP) is 2.10. The standard InChI is InChI=1S/C10H16Cl2N4O/c1-6(2-3-17)5-14-9-7(11)4-8(12)10(15-9)16-13/h4,6,17H,2-3,5,13H2,1H3,(H2,14,15,16). The van der Waals surface area contributed by atoms with Gasteiger partial charge in [-0.05, 0) is 18.4 Å². The zero-order valence-corrected chi connectivity index (χ0v) is 11.0. The Balaban J connectivity index is 2.70. The Morgan fingerprint density at radius 1 is 1.41 bits per heavy atom. The number of hydrogen-bond acceptors (Lipinski definition) is 5. The Kier molecular flexibility index (Phi) is 5.77. The molecule has 17 heavy (non-hydrogen) atoms. The lowest BCUT2D eigenvalue weighted by molar-refractivity contribution is 0.266. The number of nitrogens with two attached hydrogens (primary N) is 1. The third kappa shape index (κ3) is 4.20.